The van der Waals surface area contributed by atoms with Crippen molar-refractivity contribution in [2.45, 2.75) is 13.0 Å². The largest absolute Gasteiger partial charge is 0.399 e. The molecule has 0 spiro atoms. The predicted molar refractivity (Wildman–Crippen MR) is 63.9 cm³/mol. The summed E-state index contributed by atoms with van der Waals surface area (Å²) < 4.78 is 0. The van der Waals surface area contributed by atoms with Crippen molar-refractivity contribution in [1.82, 2.24) is 25.5 Å². The molecule has 1 aliphatic heterocycles. The summed E-state index contributed by atoms with van der Waals surface area (Å²) in [7, 11) is 0. The Morgan fingerprint density at radius 3 is 2.68 bits per heavy atom. The average Bonchev–Trinajstić information content (AvgIpc) is 2.98. The highest BCUT2D eigenvalue weighted by Crippen LogP contribution is 2.30. The SMILES string of the molecule is CC(c1nn[nH]n1)N1C(=O)c2ccc(N)cc2C1=O. The number of nitrogens with zero attached hydrogens (tertiary/aromatic N) is 4. The van der Waals surface area contributed by atoms with E-state index in [0.29, 0.717) is 16.8 Å². The highest BCUT2D eigenvalue weighted by molar-refractivity contribution is 6.21. The van der Waals surface area contributed by atoms with E-state index in [1.165, 1.54) is 6.07 Å². The molecule has 0 saturated carbocycles. The van der Waals surface area contributed by atoms with Gasteiger partial charge in [0.25, 0.3) is 11.8 Å². The molecule has 1 aromatic heterocycles. The van der Waals surface area contributed by atoms with Crippen LogP contribution in [0, 0.1) is 0 Å². The number of imide groups is 1. The van der Waals surface area contributed by atoms with Gasteiger partial charge in [0.15, 0.2) is 5.82 Å². The molecule has 1 unspecified atom stereocenters. The Kier molecular flexibility index (Phi) is 2.31. The molecular formula is C11H10N6O2. The number of hydrogen-bond acceptors (Lipinski definition) is 6. The van der Waals surface area contributed by atoms with Crippen LogP contribution in [0.1, 0.15) is 39.5 Å². The Morgan fingerprint density at radius 1 is 1.26 bits per heavy atom. The van der Waals surface area contributed by atoms with Crippen molar-refractivity contribution in [2.24, 2.45) is 0 Å². The van der Waals surface area contributed by atoms with Crippen molar-refractivity contribution < 1.29 is 9.59 Å². The van der Waals surface area contributed by atoms with E-state index in [2.05, 4.69) is 20.6 Å². The lowest BCUT2D eigenvalue weighted by molar-refractivity contribution is 0.0589. The van der Waals surface area contributed by atoms with Gasteiger partial charge in [-0.05, 0) is 25.1 Å². The summed E-state index contributed by atoms with van der Waals surface area (Å²) in [6.45, 7) is 1.66. The highest BCUT2D eigenvalue weighted by atomic mass is 16.2. The van der Waals surface area contributed by atoms with Crippen molar-refractivity contribution in [3.05, 3.63) is 35.2 Å². The van der Waals surface area contributed by atoms with Crippen LogP contribution < -0.4 is 5.73 Å². The molecule has 1 atom stereocenters. The van der Waals surface area contributed by atoms with Crippen molar-refractivity contribution in [2.75, 3.05) is 5.73 Å². The van der Waals surface area contributed by atoms with Gasteiger partial charge in [0.2, 0.25) is 0 Å². The summed E-state index contributed by atoms with van der Waals surface area (Å²) in [4.78, 5) is 25.6. The van der Waals surface area contributed by atoms with E-state index in [1.54, 1.807) is 19.1 Å². The van der Waals surface area contributed by atoms with Gasteiger partial charge in [-0.15, -0.1) is 10.2 Å². The topological polar surface area (TPSA) is 118 Å². The third-order valence-corrected chi connectivity index (χ3v) is 3.06. The number of fused-ring (bicyclic) bond motifs is 1. The van der Waals surface area contributed by atoms with E-state index in [4.69, 9.17) is 5.73 Å². The first-order valence-corrected chi connectivity index (χ1v) is 5.60. The molecule has 3 N–H and O–H groups in total. The fourth-order valence-corrected chi connectivity index (χ4v) is 2.09. The lowest BCUT2D eigenvalue weighted by Crippen LogP contribution is -2.33. The van der Waals surface area contributed by atoms with E-state index in [-0.39, 0.29) is 11.7 Å². The maximum Gasteiger partial charge on any atom is 0.262 e. The number of H-pyrrole nitrogens is 1. The highest BCUT2D eigenvalue weighted by Gasteiger charge is 2.40. The number of carbonyl (C=O) groups excluding carboxylic acids is 2. The standard InChI is InChI=1S/C11H10N6O2/c1-5(9-13-15-16-14-9)17-10(18)7-3-2-6(12)4-8(7)11(17)19/h2-5H,12H2,1H3,(H,13,14,15,16). The van der Waals surface area contributed by atoms with Crippen LogP contribution in [0.4, 0.5) is 5.69 Å². The van der Waals surface area contributed by atoms with E-state index in [1.807, 2.05) is 0 Å². The summed E-state index contributed by atoms with van der Waals surface area (Å²) in [6.07, 6.45) is 0. The lowest BCUT2D eigenvalue weighted by Gasteiger charge is -2.18. The molecule has 0 aliphatic carbocycles. The smallest absolute Gasteiger partial charge is 0.262 e. The van der Waals surface area contributed by atoms with Gasteiger partial charge in [-0.3, -0.25) is 14.5 Å². The number of anilines is 1. The number of benzene rings is 1. The summed E-state index contributed by atoms with van der Waals surface area (Å²) >= 11 is 0. The third-order valence-electron chi connectivity index (χ3n) is 3.06. The molecule has 3 rings (SSSR count). The zero-order valence-electron chi connectivity index (χ0n) is 9.99. The molecule has 0 fully saturated rings. The minimum absolute atomic E-state index is 0.280. The number of nitrogens with one attached hydrogen (secondary N) is 1. The number of carbonyl (C=O) groups is 2. The predicted octanol–water partition coefficient (Wildman–Crippen LogP) is 0.139. The number of amides is 2. The van der Waals surface area contributed by atoms with Gasteiger partial charge in [0.05, 0.1) is 11.1 Å². The summed E-state index contributed by atoms with van der Waals surface area (Å²) in [5.74, 6) is -0.496. The number of tetrazole rings is 1. The van der Waals surface area contributed by atoms with E-state index >= 15 is 0 Å². The average molecular weight is 258 g/mol. The molecule has 2 aromatic rings. The number of nitrogens with two attached hydrogens (primary N) is 1. The number of rotatable bonds is 2. The molecule has 0 radical (unpaired) electrons. The van der Waals surface area contributed by atoms with Crippen LogP contribution in [0.5, 0.6) is 0 Å². The van der Waals surface area contributed by atoms with Gasteiger partial charge in [0, 0.05) is 5.69 Å². The first-order chi connectivity index (χ1) is 9.09. The normalized spacial score (nSPS) is 15.7. The molecule has 1 aliphatic rings. The fraction of sp³-hybridized carbons (Fsp3) is 0.182. The molecule has 0 saturated heterocycles. The number of aromatic nitrogens is 4. The minimum atomic E-state index is -0.590. The van der Waals surface area contributed by atoms with Gasteiger partial charge < -0.3 is 5.73 Å². The number of nitrogen functional groups attached to an aromatic ring is 1. The molecule has 8 nitrogen and oxygen atoms in total. The molecule has 2 heterocycles. The maximum atomic E-state index is 12.3. The Hall–Kier alpha value is -2.77. The summed E-state index contributed by atoms with van der Waals surface area (Å²) in [6, 6.07) is 4.05. The molecular weight excluding hydrogens is 248 g/mol. The zero-order valence-corrected chi connectivity index (χ0v) is 9.99. The molecule has 1 aromatic carbocycles. The summed E-state index contributed by atoms with van der Waals surface area (Å²) in [5, 5.41) is 13.3. The monoisotopic (exact) mass is 258 g/mol. The van der Waals surface area contributed by atoms with Crippen LogP contribution in [-0.4, -0.2) is 37.3 Å². The van der Waals surface area contributed by atoms with Gasteiger partial charge in [-0.1, -0.05) is 5.21 Å². The van der Waals surface area contributed by atoms with E-state index < -0.39 is 11.9 Å². The van der Waals surface area contributed by atoms with Gasteiger partial charge in [0.1, 0.15) is 6.04 Å². The second-order valence-corrected chi connectivity index (χ2v) is 4.23. The van der Waals surface area contributed by atoms with Crippen LogP contribution in [0.2, 0.25) is 0 Å². The first kappa shape index (κ1) is 11.3. The molecule has 96 valence electrons. The molecule has 19 heavy (non-hydrogen) atoms. The Labute approximate surface area is 107 Å². The third kappa shape index (κ3) is 1.57. The molecule has 2 amide bonds. The van der Waals surface area contributed by atoms with Crippen LogP contribution in [-0.2, 0) is 0 Å². The van der Waals surface area contributed by atoms with E-state index in [9.17, 15) is 9.59 Å². The maximum absolute atomic E-state index is 12.3. The van der Waals surface area contributed by atoms with Gasteiger partial charge in [-0.2, -0.15) is 5.21 Å². The van der Waals surface area contributed by atoms with Crippen molar-refractivity contribution >= 4 is 17.5 Å². The fourth-order valence-electron chi connectivity index (χ4n) is 2.09. The second-order valence-electron chi connectivity index (χ2n) is 4.23. The number of hydrogen-bond donors (Lipinski definition) is 2. The van der Waals surface area contributed by atoms with Crippen LogP contribution >= 0.6 is 0 Å². The number of aromatic amines is 1. The van der Waals surface area contributed by atoms with Crippen molar-refractivity contribution in [3.8, 4) is 0 Å². The quantitative estimate of drug-likeness (QED) is 0.584. The Balaban J connectivity index is 2.03. The molecule has 0 bridgehead atoms. The van der Waals surface area contributed by atoms with Gasteiger partial charge in [-0.25, -0.2) is 0 Å². The lowest BCUT2D eigenvalue weighted by atomic mass is 10.1. The van der Waals surface area contributed by atoms with Crippen LogP contribution in [0.3, 0.4) is 0 Å². The Morgan fingerprint density at radius 2 is 2.00 bits per heavy atom. The molecule has 8 heteroatoms. The van der Waals surface area contributed by atoms with Crippen LogP contribution in [0.25, 0.3) is 0 Å². The minimum Gasteiger partial charge on any atom is -0.399 e. The van der Waals surface area contributed by atoms with Crippen molar-refractivity contribution in [3.63, 3.8) is 0 Å². The van der Waals surface area contributed by atoms with Gasteiger partial charge >= 0.3 is 0 Å². The zero-order chi connectivity index (χ0) is 13.6. The first-order valence-electron chi connectivity index (χ1n) is 5.60. The van der Waals surface area contributed by atoms with Crippen molar-refractivity contribution in [1.29, 1.82) is 0 Å². The second kappa shape index (κ2) is 3.87. The van der Waals surface area contributed by atoms with E-state index in [0.717, 1.165) is 4.90 Å². The van der Waals surface area contributed by atoms with Crippen LogP contribution in [0.15, 0.2) is 18.2 Å². The Bertz CT molecular complexity index is 666. The summed E-state index contributed by atoms with van der Waals surface area (Å²) in [5.41, 5.74) is 6.72.